The standard InChI is InChI=1S/C19H16N2O3/c1-12-8-9-15(13(2)22)10-16(12)20-18(23)17-11-24-19(21-17)14-6-4-3-5-7-14/h3-11H,1-2H3,(H,20,23). The third-order valence-corrected chi connectivity index (χ3v) is 3.65. The van der Waals surface area contributed by atoms with E-state index in [1.807, 2.05) is 37.3 Å². The number of amides is 1. The molecule has 24 heavy (non-hydrogen) atoms. The Kier molecular flexibility index (Phi) is 4.24. The highest BCUT2D eigenvalue weighted by molar-refractivity contribution is 6.04. The monoisotopic (exact) mass is 320 g/mol. The van der Waals surface area contributed by atoms with Crippen LogP contribution < -0.4 is 5.32 Å². The second kappa shape index (κ2) is 6.50. The van der Waals surface area contributed by atoms with Gasteiger partial charge in [0.25, 0.3) is 5.91 Å². The van der Waals surface area contributed by atoms with Gasteiger partial charge in [0, 0.05) is 16.8 Å². The van der Waals surface area contributed by atoms with E-state index < -0.39 is 0 Å². The number of benzene rings is 2. The normalized spacial score (nSPS) is 10.4. The summed E-state index contributed by atoms with van der Waals surface area (Å²) in [4.78, 5) is 28.1. The largest absolute Gasteiger partial charge is 0.444 e. The average Bonchev–Trinajstić information content (AvgIpc) is 3.07. The maximum atomic E-state index is 12.4. The van der Waals surface area contributed by atoms with Crippen LogP contribution in [-0.4, -0.2) is 16.7 Å². The molecule has 1 amide bonds. The van der Waals surface area contributed by atoms with E-state index in [9.17, 15) is 9.59 Å². The number of hydrogen-bond acceptors (Lipinski definition) is 4. The van der Waals surface area contributed by atoms with Gasteiger partial charge >= 0.3 is 0 Å². The van der Waals surface area contributed by atoms with Crippen LogP contribution in [-0.2, 0) is 0 Å². The Morgan fingerprint density at radius 2 is 1.83 bits per heavy atom. The van der Waals surface area contributed by atoms with Gasteiger partial charge in [0.1, 0.15) is 6.26 Å². The number of rotatable bonds is 4. The Labute approximate surface area is 139 Å². The maximum Gasteiger partial charge on any atom is 0.277 e. The molecule has 0 atom stereocenters. The van der Waals surface area contributed by atoms with E-state index in [0.717, 1.165) is 11.1 Å². The molecule has 120 valence electrons. The average molecular weight is 320 g/mol. The molecule has 0 aliphatic heterocycles. The number of Topliss-reactive ketones (excluding diaryl/α,β-unsaturated/α-hetero) is 1. The first kappa shape index (κ1) is 15.7. The van der Waals surface area contributed by atoms with Gasteiger partial charge in [-0.3, -0.25) is 9.59 Å². The predicted molar refractivity (Wildman–Crippen MR) is 91.1 cm³/mol. The van der Waals surface area contributed by atoms with Gasteiger partial charge in [0.2, 0.25) is 5.89 Å². The minimum Gasteiger partial charge on any atom is -0.444 e. The fraction of sp³-hybridized carbons (Fsp3) is 0.105. The maximum absolute atomic E-state index is 12.4. The van der Waals surface area contributed by atoms with Gasteiger partial charge in [-0.25, -0.2) is 4.98 Å². The summed E-state index contributed by atoms with van der Waals surface area (Å²) in [5.41, 5.74) is 2.96. The number of ketones is 1. The summed E-state index contributed by atoms with van der Waals surface area (Å²) < 4.78 is 5.38. The van der Waals surface area contributed by atoms with Gasteiger partial charge in [-0.05, 0) is 37.6 Å². The number of oxazole rings is 1. The van der Waals surface area contributed by atoms with Crippen LogP contribution in [0.1, 0.15) is 33.3 Å². The summed E-state index contributed by atoms with van der Waals surface area (Å²) >= 11 is 0. The molecular formula is C19H16N2O3. The van der Waals surface area contributed by atoms with Crippen LogP contribution >= 0.6 is 0 Å². The molecule has 5 heteroatoms. The molecule has 3 aromatic rings. The number of anilines is 1. The Bertz CT molecular complexity index is 898. The van der Waals surface area contributed by atoms with E-state index in [0.29, 0.717) is 17.1 Å². The Balaban J connectivity index is 1.82. The smallest absolute Gasteiger partial charge is 0.277 e. The summed E-state index contributed by atoms with van der Waals surface area (Å²) in [6, 6.07) is 14.5. The van der Waals surface area contributed by atoms with Gasteiger partial charge in [-0.2, -0.15) is 0 Å². The van der Waals surface area contributed by atoms with Gasteiger partial charge < -0.3 is 9.73 Å². The van der Waals surface area contributed by atoms with Crippen molar-refractivity contribution in [2.75, 3.05) is 5.32 Å². The summed E-state index contributed by atoms with van der Waals surface area (Å²) in [6.07, 6.45) is 1.32. The molecule has 2 aromatic carbocycles. The molecule has 0 aliphatic rings. The van der Waals surface area contributed by atoms with E-state index in [1.54, 1.807) is 18.2 Å². The Hall–Kier alpha value is -3.21. The summed E-state index contributed by atoms with van der Waals surface area (Å²) in [6.45, 7) is 3.35. The van der Waals surface area contributed by atoms with E-state index in [-0.39, 0.29) is 17.4 Å². The van der Waals surface area contributed by atoms with Gasteiger partial charge in [-0.1, -0.05) is 30.3 Å². The van der Waals surface area contributed by atoms with Crippen molar-refractivity contribution in [3.63, 3.8) is 0 Å². The molecule has 1 N–H and O–H groups in total. The summed E-state index contributed by atoms with van der Waals surface area (Å²) in [5, 5.41) is 2.77. The molecule has 0 saturated heterocycles. The number of nitrogens with one attached hydrogen (secondary N) is 1. The molecule has 0 spiro atoms. The highest BCUT2D eigenvalue weighted by atomic mass is 16.3. The minimum atomic E-state index is -0.385. The van der Waals surface area contributed by atoms with Crippen LogP contribution in [0.15, 0.2) is 59.2 Å². The number of carbonyl (C=O) groups excluding carboxylic acids is 2. The Morgan fingerprint density at radius 3 is 2.54 bits per heavy atom. The first-order chi connectivity index (χ1) is 11.5. The molecule has 1 aromatic heterocycles. The Morgan fingerprint density at radius 1 is 1.08 bits per heavy atom. The van der Waals surface area contributed by atoms with Crippen molar-refractivity contribution < 1.29 is 14.0 Å². The van der Waals surface area contributed by atoms with Crippen LogP contribution in [0.2, 0.25) is 0 Å². The quantitative estimate of drug-likeness (QED) is 0.734. The van der Waals surface area contributed by atoms with Crippen molar-refractivity contribution >= 4 is 17.4 Å². The van der Waals surface area contributed by atoms with Crippen molar-refractivity contribution in [1.29, 1.82) is 0 Å². The molecule has 0 aliphatic carbocycles. The lowest BCUT2D eigenvalue weighted by Crippen LogP contribution is -2.13. The van der Waals surface area contributed by atoms with Crippen molar-refractivity contribution in [2.24, 2.45) is 0 Å². The highest BCUT2D eigenvalue weighted by Gasteiger charge is 2.15. The predicted octanol–water partition coefficient (Wildman–Crippen LogP) is 4.10. The molecule has 0 saturated carbocycles. The zero-order chi connectivity index (χ0) is 17.1. The zero-order valence-corrected chi connectivity index (χ0v) is 13.4. The lowest BCUT2D eigenvalue weighted by molar-refractivity contribution is 0.100. The van der Waals surface area contributed by atoms with Crippen molar-refractivity contribution in [3.05, 3.63) is 71.6 Å². The SMILES string of the molecule is CC(=O)c1ccc(C)c(NC(=O)c2coc(-c3ccccc3)n2)c1. The summed E-state index contributed by atoms with van der Waals surface area (Å²) in [7, 11) is 0. The van der Waals surface area contributed by atoms with E-state index >= 15 is 0 Å². The lowest BCUT2D eigenvalue weighted by atomic mass is 10.1. The van der Waals surface area contributed by atoms with E-state index in [4.69, 9.17) is 4.42 Å². The van der Waals surface area contributed by atoms with Crippen LogP contribution in [0, 0.1) is 6.92 Å². The lowest BCUT2D eigenvalue weighted by Gasteiger charge is -2.08. The van der Waals surface area contributed by atoms with Crippen molar-refractivity contribution in [2.45, 2.75) is 13.8 Å². The van der Waals surface area contributed by atoms with E-state index in [2.05, 4.69) is 10.3 Å². The fourth-order valence-electron chi connectivity index (χ4n) is 2.25. The molecule has 3 rings (SSSR count). The third kappa shape index (κ3) is 3.25. The molecule has 5 nitrogen and oxygen atoms in total. The van der Waals surface area contributed by atoms with Gasteiger partial charge in [-0.15, -0.1) is 0 Å². The highest BCUT2D eigenvalue weighted by Crippen LogP contribution is 2.21. The molecule has 0 unspecified atom stereocenters. The number of carbonyl (C=O) groups is 2. The zero-order valence-electron chi connectivity index (χ0n) is 13.4. The van der Waals surface area contributed by atoms with E-state index in [1.165, 1.54) is 13.2 Å². The third-order valence-electron chi connectivity index (χ3n) is 3.65. The van der Waals surface area contributed by atoms with Gasteiger partial charge in [0.15, 0.2) is 11.5 Å². The minimum absolute atomic E-state index is 0.0571. The molecule has 0 bridgehead atoms. The number of aryl methyl sites for hydroxylation is 1. The second-order valence-electron chi connectivity index (χ2n) is 5.44. The van der Waals surface area contributed by atoms with Crippen molar-refractivity contribution in [3.8, 4) is 11.5 Å². The first-order valence-electron chi connectivity index (χ1n) is 7.48. The topological polar surface area (TPSA) is 72.2 Å². The molecular weight excluding hydrogens is 304 g/mol. The van der Waals surface area contributed by atoms with Crippen LogP contribution in [0.3, 0.4) is 0 Å². The number of nitrogens with zero attached hydrogens (tertiary/aromatic N) is 1. The second-order valence-corrected chi connectivity index (χ2v) is 5.44. The van der Waals surface area contributed by atoms with Crippen molar-refractivity contribution in [1.82, 2.24) is 4.98 Å². The van der Waals surface area contributed by atoms with Crippen LogP contribution in [0.25, 0.3) is 11.5 Å². The number of aromatic nitrogens is 1. The molecule has 0 radical (unpaired) electrons. The van der Waals surface area contributed by atoms with Crippen LogP contribution in [0.4, 0.5) is 5.69 Å². The molecule has 0 fully saturated rings. The number of hydrogen-bond donors (Lipinski definition) is 1. The molecule has 1 heterocycles. The summed E-state index contributed by atoms with van der Waals surface area (Å²) in [5.74, 6) is -0.0574. The van der Waals surface area contributed by atoms with Crippen LogP contribution in [0.5, 0.6) is 0 Å². The fourth-order valence-corrected chi connectivity index (χ4v) is 2.25. The van der Waals surface area contributed by atoms with Gasteiger partial charge in [0.05, 0.1) is 0 Å². The first-order valence-corrected chi connectivity index (χ1v) is 7.48.